The number of unbranched alkanes of at least 4 members (excludes halogenated alkanes) is 5. The summed E-state index contributed by atoms with van der Waals surface area (Å²) in [5.41, 5.74) is 0. The van der Waals surface area contributed by atoms with Crippen molar-refractivity contribution in [2.45, 2.75) is 57.2 Å². The number of nitrogens with zero attached hydrogens (tertiary/aromatic N) is 1. The van der Waals surface area contributed by atoms with E-state index in [4.69, 9.17) is 14.2 Å². The van der Waals surface area contributed by atoms with Gasteiger partial charge in [-0.1, -0.05) is 19.3 Å². The first-order chi connectivity index (χ1) is 12.5. The molecule has 0 bridgehead atoms. The Morgan fingerprint density at radius 2 is 1.74 bits per heavy atom. The van der Waals surface area contributed by atoms with Gasteiger partial charge < -0.3 is 24.4 Å². The zero-order valence-corrected chi connectivity index (χ0v) is 17.5. The maximum Gasteiger partial charge on any atom is 0.473 e. The van der Waals surface area contributed by atoms with Crippen LogP contribution in [0.5, 0.6) is 0 Å². The van der Waals surface area contributed by atoms with Crippen LogP contribution in [0.25, 0.3) is 0 Å². The normalized spacial score (nSPS) is 16.5. The molecule has 0 amide bonds. The molecule has 0 spiro atoms. The van der Waals surface area contributed by atoms with E-state index in [9.17, 15) is 24.2 Å². The number of hydrogen-bond acceptors (Lipinski definition) is 7. The highest BCUT2D eigenvalue weighted by molar-refractivity contribution is 7.47. The van der Waals surface area contributed by atoms with E-state index in [1.807, 2.05) is 21.1 Å². The molecule has 0 aromatic heterocycles. The van der Waals surface area contributed by atoms with Crippen LogP contribution in [0.3, 0.4) is 0 Å². The summed E-state index contributed by atoms with van der Waals surface area (Å²) < 4.78 is 22.3. The van der Waals surface area contributed by atoms with Gasteiger partial charge in [-0.05, 0) is 12.8 Å². The Morgan fingerprint density at radius 3 is 2.30 bits per heavy atom. The molecule has 0 fully saturated rings. The standard InChI is InChI=1S/C17H34NO8P/c1-18(2,3)11-13-25-27(23,24)26-17(16(22)14-20)15(21)10-8-6-4-5-7-9-12-19/h12,16-17,20,22H,4-11,13-14H2,1-3H3/p+1/t16-,17?/m0/s1. The molecule has 0 radical (unpaired) electrons. The van der Waals surface area contributed by atoms with Gasteiger partial charge in [0.2, 0.25) is 0 Å². The molecule has 0 saturated carbocycles. The SMILES string of the molecule is C[N+](C)(C)CCOP(=O)(O)OC(C(=O)CCCCCCCC=O)[C@@H](O)CO. The van der Waals surface area contributed by atoms with Crippen molar-refractivity contribution in [3.8, 4) is 0 Å². The average Bonchev–Trinajstić information content (AvgIpc) is 2.56. The number of likely N-dealkylation sites (N-methyl/N-ethyl adjacent to an activating group) is 1. The third-order valence-corrected chi connectivity index (χ3v) is 4.86. The summed E-state index contributed by atoms with van der Waals surface area (Å²) in [5.74, 6) is -0.561. The van der Waals surface area contributed by atoms with E-state index < -0.39 is 32.4 Å². The quantitative estimate of drug-likeness (QED) is 0.140. The first-order valence-electron chi connectivity index (χ1n) is 9.24. The van der Waals surface area contributed by atoms with Gasteiger partial charge in [-0.3, -0.25) is 13.8 Å². The van der Waals surface area contributed by atoms with Gasteiger partial charge in [0.05, 0.1) is 27.7 Å². The molecule has 0 aliphatic rings. The molecular formula is C17H35NO8P+. The average molecular weight is 412 g/mol. The molecule has 0 aromatic carbocycles. The molecule has 0 aliphatic heterocycles. The second-order valence-corrected chi connectivity index (χ2v) is 8.94. The predicted molar refractivity (Wildman–Crippen MR) is 100 cm³/mol. The van der Waals surface area contributed by atoms with Gasteiger partial charge in [0.1, 0.15) is 25.5 Å². The number of phosphoric ester groups is 1. The molecule has 0 rings (SSSR count). The molecule has 0 aromatic rings. The van der Waals surface area contributed by atoms with Crippen LogP contribution in [0.15, 0.2) is 0 Å². The van der Waals surface area contributed by atoms with Gasteiger partial charge in [-0.15, -0.1) is 0 Å². The van der Waals surface area contributed by atoms with Gasteiger partial charge in [0.15, 0.2) is 11.9 Å². The van der Waals surface area contributed by atoms with Crippen molar-refractivity contribution in [3.05, 3.63) is 0 Å². The smallest absolute Gasteiger partial charge is 0.394 e. The molecule has 0 saturated heterocycles. The fraction of sp³-hybridized carbons (Fsp3) is 0.882. The summed E-state index contributed by atoms with van der Waals surface area (Å²) in [5, 5.41) is 18.9. The second-order valence-electron chi connectivity index (χ2n) is 7.53. The third kappa shape index (κ3) is 14.0. The Hall–Kier alpha value is -0.670. The molecule has 0 heterocycles. The van der Waals surface area contributed by atoms with E-state index in [0.717, 1.165) is 32.0 Å². The van der Waals surface area contributed by atoms with Crippen LogP contribution in [0.1, 0.15) is 44.9 Å². The lowest BCUT2D eigenvalue weighted by molar-refractivity contribution is -0.870. The highest BCUT2D eigenvalue weighted by atomic mass is 31.2. The van der Waals surface area contributed by atoms with Crippen LogP contribution < -0.4 is 0 Å². The van der Waals surface area contributed by atoms with E-state index in [2.05, 4.69) is 0 Å². The molecule has 0 aliphatic carbocycles. The van der Waals surface area contributed by atoms with Gasteiger partial charge in [-0.25, -0.2) is 4.57 Å². The summed E-state index contributed by atoms with van der Waals surface area (Å²) in [4.78, 5) is 32.3. The summed E-state index contributed by atoms with van der Waals surface area (Å²) in [7, 11) is 1.10. The minimum Gasteiger partial charge on any atom is -0.394 e. The predicted octanol–water partition coefficient (Wildman–Crippen LogP) is 1.05. The van der Waals surface area contributed by atoms with Crippen LogP contribution in [-0.4, -0.2) is 84.8 Å². The Bertz CT molecular complexity index is 480. The molecule has 27 heavy (non-hydrogen) atoms. The Kier molecular flexibility index (Phi) is 13.2. The Labute approximate surface area is 161 Å². The number of ketones is 1. The number of Topliss-reactive ketones (excluding diaryl/α,β-unsaturated/α-hetero) is 1. The Morgan fingerprint density at radius 1 is 1.15 bits per heavy atom. The fourth-order valence-corrected chi connectivity index (χ4v) is 3.16. The molecule has 160 valence electrons. The van der Waals surface area contributed by atoms with Crippen molar-refractivity contribution in [1.82, 2.24) is 0 Å². The lowest BCUT2D eigenvalue weighted by Crippen LogP contribution is -2.39. The Balaban J connectivity index is 4.48. The molecule has 9 nitrogen and oxygen atoms in total. The molecule has 10 heteroatoms. The minimum absolute atomic E-state index is 0.0499. The van der Waals surface area contributed by atoms with E-state index in [1.54, 1.807) is 0 Å². The number of carbonyl (C=O) groups is 2. The van der Waals surface area contributed by atoms with Gasteiger partial charge in [0, 0.05) is 12.8 Å². The number of rotatable bonds is 17. The van der Waals surface area contributed by atoms with Crippen LogP contribution >= 0.6 is 7.82 Å². The lowest BCUT2D eigenvalue weighted by atomic mass is 10.0. The van der Waals surface area contributed by atoms with E-state index >= 15 is 0 Å². The monoisotopic (exact) mass is 412 g/mol. The van der Waals surface area contributed by atoms with E-state index in [0.29, 0.717) is 23.9 Å². The van der Waals surface area contributed by atoms with Gasteiger partial charge in [-0.2, -0.15) is 0 Å². The first kappa shape index (κ1) is 26.3. The highest BCUT2D eigenvalue weighted by Crippen LogP contribution is 2.45. The lowest BCUT2D eigenvalue weighted by Gasteiger charge is -2.26. The van der Waals surface area contributed by atoms with Crippen LogP contribution in [0, 0.1) is 0 Å². The van der Waals surface area contributed by atoms with Crippen molar-refractivity contribution < 1.29 is 42.8 Å². The number of aliphatic hydroxyl groups is 2. The van der Waals surface area contributed by atoms with E-state index in [1.165, 1.54) is 0 Å². The zero-order chi connectivity index (χ0) is 20.9. The van der Waals surface area contributed by atoms with E-state index in [-0.39, 0.29) is 13.0 Å². The number of phosphoric acid groups is 1. The minimum atomic E-state index is -4.55. The number of quaternary nitrogens is 1. The largest absolute Gasteiger partial charge is 0.473 e. The number of aliphatic hydroxyl groups excluding tert-OH is 2. The molecule has 3 N–H and O–H groups in total. The second kappa shape index (κ2) is 13.5. The maximum absolute atomic E-state index is 12.3. The van der Waals surface area contributed by atoms with Gasteiger partial charge in [0.25, 0.3) is 0 Å². The summed E-state index contributed by atoms with van der Waals surface area (Å²) in [6, 6.07) is 0. The number of hydrogen-bond donors (Lipinski definition) is 3. The first-order valence-corrected chi connectivity index (χ1v) is 10.7. The van der Waals surface area contributed by atoms with Crippen molar-refractivity contribution >= 4 is 19.9 Å². The van der Waals surface area contributed by atoms with Crippen LogP contribution in [0.2, 0.25) is 0 Å². The van der Waals surface area contributed by atoms with Crippen molar-refractivity contribution in [3.63, 3.8) is 0 Å². The van der Waals surface area contributed by atoms with Gasteiger partial charge >= 0.3 is 7.82 Å². The van der Waals surface area contributed by atoms with Crippen molar-refractivity contribution in [1.29, 1.82) is 0 Å². The topological polar surface area (TPSA) is 130 Å². The van der Waals surface area contributed by atoms with Crippen molar-refractivity contribution in [2.24, 2.45) is 0 Å². The van der Waals surface area contributed by atoms with Crippen molar-refractivity contribution in [2.75, 3.05) is 40.9 Å². The fourth-order valence-electron chi connectivity index (χ4n) is 2.24. The summed E-state index contributed by atoms with van der Waals surface area (Å²) in [6.45, 7) is -0.394. The summed E-state index contributed by atoms with van der Waals surface area (Å²) >= 11 is 0. The summed E-state index contributed by atoms with van der Waals surface area (Å²) in [6.07, 6.45) is 2.06. The maximum atomic E-state index is 12.3. The molecule has 2 unspecified atom stereocenters. The number of carbonyl (C=O) groups excluding carboxylic acids is 2. The molecular weight excluding hydrogens is 377 g/mol. The van der Waals surface area contributed by atoms with Crippen LogP contribution in [-0.2, 0) is 23.2 Å². The molecule has 3 atom stereocenters. The third-order valence-electron chi connectivity index (χ3n) is 3.86. The number of aldehydes is 1. The highest BCUT2D eigenvalue weighted by Gasteiger charge is 2.35. The zero-order valence-electron chi connectivity index (χ0n) is 16.6. The van der Waals surface area contributed by atoms with Crippen LogP contribution in [0.4, 0.5) is 0 Å².